The van der Waals surface area contributed by atoms with Crippen molar-refractivity contribution in [2.24, 2.45) is 0 Å². The Labute approximate surface area is 332 Å². The van der Waals surface area contributed by atoms with Gasteiger partial charge in [-0.3, -0.25) is 24.2 Å². The zero-order chi connectivity index (χ0) is 38.3. The third kappa shape index (κ3) is 7.61. The monoisotopic (exact) mass is 777 g/mol. The Morgan fingerprint density at radius 3 is 2.25 bits per heavy atom. The highest BCUT2D eigenvalue weighted by molar-refractivity contribution is 7.21. The number of fused-ring (bicyclic) bond motifs is 2. The van der Waals surface area contributed by atoms with Crippen LogP contribution in [0, 0.1) is 0 Å². The van der Waals surface area contributed by atoms with E-state index in [-0.39, 0.29) is 29.9 Å². The van der Waals surface area contributed by atoms with Gasteiger partial charge in [-0.1, -0.05) is 0 Å². The van der Waals surface area contributed by atoms with Crippen molar-refractivity contribution in [1.82, 2.24) is 25.0 Å². The molecule has 3 saturated heterocycles. The molecule has 13 heteroatoms. The maximum Gasteiger partial charge on any atom is 0.262 e. The first-order valence-corrected chi connectivity index (χ1v) is 21.1. The normalized spacial score (nSPS) is 23.7. The summed E-state index contributed by atoms with van der Waals surface area (Å²) < 4.78 is 14.0. The number of amides is 3. The van der Waals surface area contributed by atoms with Crippen LogP contribution in [0.3, 0.4) is 0 Å². The Bertz CT molecular complexity index is 2080. The fourth-order valence-electron chi connectivity index (χ4n) is 8.70. The molecule has 0 bridgehead atoms. The Morgan fingerprint density at radius 1 is 0.786 bits per heavy atom. The number of nitrogens with one attached hydrogen (secondary N) is 1. The van der Waals surface area contributed by atoms with Crippen LogP contribution in [0.4, 0.5) is 11.4 Å². The molecule has 3 aromatic carbocycles. The zero-order valence-electron chi connectivity index (χ0n) is 32.3. The molecule has 4 fully saturated rings. The molecule has 9 rings (SSSR count). The average molecular weight is 778 g/mol. The van der Waals surface area contributed by atoms with Gasteiger partial charge >= 0.3 is 0 Å². The van der Waals surface area contributed by atoms with Crippen molar-refractivity contribution in [1.29, 1.82) is 0 Å². The van der Waals surface area contributed by atoms with Gasteiger partial charge in [0.2, 0.25) is 5.91 Å². The number of benzene rings is 3. The topological polar surface area (TPSA) is 111 Å². The number of ether oxygens (including phenoxy) is 2. The summed E-state index contributed by atoms with van der Waals surface area (Å²) in [6.45, 7) is 8.45. The molecular formula is C43H51N7O5S. The van der Waals surface area contributed by atoms with E-state index in [0.717, 1.165) is 117 Å². The number of hydrogen-bond acceptors (Lipinski definition) is 11. The standard InChI is InChI=1S/C43H51N7O5S/c1-46(2)29-7-5-28(6-8-29)41-45-37-12-10-32(27-39(37)56-41)55-34-25-33(26-34)54-31-13-16-47(17-14-31)18-19-48-20-22-49(23-21-48)30-9-11-35-36(24-30)43(53)50(42(35)52)38-4-3-15-44-40(38)51/h5-12,24,27,31,33-34,38H,3-4,13-23,25-26H2,1-2H3,(H,44,51). The van der Waals surface area contributed by atoms with E-state index in [1.54, 1.807) is 17.4 Å². The van der Waals surface area contributed by atoms with Crippen LogP contribution in [0.25, 0.3) is 20.8 Å². The minimum Gasteiger partial charge on any atom is -0.490 e. The van der Waals surface area contributed by atoms with Crippen molar-refractivity contribution < 1.29 is 23.9 Å². The maximum atomic E-state index is 13.3. The lowest BCUT2D eigenvalue weighted by molar-refractivity contribution is -0.126. The molecule has 1 saturated carbocycles. The second kappa shape index (κ2) is 15.8. The number of anilines is 2. The highest BCUT2D eigenvalue weighted by Gasteiger charge is 2.44. The molecule has 1 unspecified atom stereocenters. The zero-order valence-corrected chi connectivity index (χ0v) is 33.1. The van der Waals surface area contributed by atoms with Crippen molar-refractivity contribution in [3.05, 3.63) is 71.8 Å². The second-order valence-electron chi connectivity index (χ2n) is 16.1. The highest BCUT2D eigenvalue weighted by atomic mass is 32.1. The maximum absolute atomic E-state index is 13.3. The number of rotatable bonds is 11. The molecule has 4 aliphatic heterocycles. The van der Waals surface area contributed by atoms with Crippen LogP contribution < -0.4 is 19.9 Å². The lowest BCUT2D eigenvalue weighted by Gasteiger charge is -2.40. The molecule has 12 nitrogen and oxygen atoms in total. The number of piperidine rings is 2. The number of carbonyl (C=O) groups is 3. The molecule has 5 aliphatic rings. The summed E-state index contributed by atoms with van der Waals surface area (Å²) in [6.07, 6.45) is 6.08. The van der Waals surface area contributed by atoms with Gasteiger partial charge in [-0.15, -0.1) is 11.3 Å². The summed E-state index contributed by atoms with van der Waals surface area (Å²) in [6, 6.07) is 19.6. The molecule has 294 valence electrons. The first-order chi connectivity index (χ1) is 27.3. The molecule has 1 aromatic heterocycles. The van der Waals surface area contributed by atoms with Gasteiger partial charge in [0.25, 0.3) is 11.8 Å². The van der Waals surface area contributed by atoms with Gasteiger partial charge in [-0.05, 0) is 86.3 Å². The number of aromatic nitrogens is 1. The summed E-state index contributed by atoms with van der Waals surface area (Å²) in [5.74, 6) is -0.0519. The summed E-state index contributed by atoms with van der Waals surface area (Å²) in [4.78, 5) is 54.4. The molecule has 5 heterocycles. The third-order valence-electron chi connectivity index (χ3n) is 12.2. The van der Waals surface area contributed by atoms with E-state index in [1.807, 2.05) is 32.3 Å². The van der Waals surface area contributed by atoms with Crippen molar-refractivity contribution >= 4 is 50.6 Å². The van der Waals surface area contributed by atoms with Gasteiger partial charge in [0.1, 0.15) is 22.9 Å². The first kappa shape index (κ1) is 37.0. The summed E-state index contributed by atoms with van der Waals surface area (Å²) >= 11 is 1.71. The van der Waals surface area contributed by atoms with Gasteiger partial charge in [-0.25, -0.2) is 4.98 Å². The van der Waals surface area contributed by atoms with Crippen LogP contribution in [0.2, 0.25) is 0 Å². The minimum atomic E-state index is -0.720. The fraction of sp³-hybridized carbons (Fsp3) is 0.488. The van der Waals surface area contributed by atoms with Crippen molar-refractivity contribution in [2.45, 2.75) is 62.9 Å². The van der Waals surface area contributed by atoms with Gasteiger partial charge in [-0.2, -0.15) is 0 Å². The van der Waals surface area contributed by atoms with Crippen molar-refractivity contribution in [3.8, 4) is 16.3 Å². The molecule has 1 aliphatic carbocycles. The number of nitrogens with zero attached hydrogens (tertiary/aromatic N) is 6. The molecule has 1 N–H and O–H groups in total. The van der Waals surface area contributed by atoms with Gasteiger partial charge in [0, 0.05) is 103 Å². The van der Waals surface area contributed by atoms with E-state index in [9.17, 15) is 14.4 Å². The van der Waals surface area contributed by atoms with Crippen molar-refractivity contribution in [2.75, 3.05) is 82.8 Å². The SMILES string of the molecule is CN(C)c1ccc(-c2nc3ccc(OC4CC(OC5CCN(CCN6CCN(c7ccc8c(c7)C(=O)N(C7CCCNC7=O)C8=O)CC6)CC5)C4)cc3s2)cc1. The van der Waals surface area contributed by atoms with E-state index in [1.165, 1.54) is 10.6 Å². The van der Waals surface area contributed by atoms with E-state index in [0.29, 0.717) is 30.2 Å². The van der Waals surface area contributed by atoms with Crippen LogP contribution in [0.1, 0.15) is 59.2 Å². The molecule has 0 radical (unpaired) electrons. The van der Waals surface area contributed by atoms with Crippen molar-refractivity contribution in [3.63, 3.8) is 0 Å². The van der Waals surface area contributed by atoms with Gasteiger partial charge in [0.05, 0.1) is 33.6 Å². The quantitative estimate of drug-likeness (QED) is 0.206. The summed E-state index contributed by atoms with van der Waals surface area (Å²) in [7, 11) is 4.10. The van der Waals surface area contributed by atoms with Gasteiger partial charge < -0.3 is 29.5 Å². The molecular weight excluding hydrogens is 727 g/mol. The number of carbonyl (C=O) groups excluding carboxylic acids is 3. The lowest BCUT2D eigenvalue weighted by atomic mass is 9.91. The Balaban J connectivity index is 0.675. The number of imide groups is 1. The van der Waals surface area contributed by atoms with Crippen LogP contribution in [0.15, 0.2) is 60.7 Å². The van der Waals surface area contributed by atoms with Gasteiger partial charge in [0.15, 0.2) is 0 Å². The second-order valence-corrected chi connectivity index (χ2v) is 17.1. The number of thiazole rings is 1. The molecule has 3 amide bonds. The molecule has 4 aromatic rings. The molecule has 1 atom stereocenters. The number of likely N-dealkylation sites (tertiary alicyclic amines) is 1. The summed E-state index contributed by atoms with van der Waals surface area (Å²) in [5, 5.41) is 3.82. The number of piperazine rings is 1. The Morgan fingerprint density at radius 2 is 1.52 bits per heavy atom. The smallest absolute Gasteiger partial charge is 0.262 e. The Hall–Kier alpha value is -4.56. The lowest BCUT2D eigenvalue weighted by Crippen LogP contribution is -2.52. The third-order valence-corrected chi connectivity index (χ3v) is 13.3. The van der Waals surface area contributed by atoms with E-state index < -0.39 is 6.04 Å². The van der Waals surface area contributed by atoms with E-state index in [2.05, 4.69) is 61.3 Å². The first-order valence-electron chi connectivity index (χ1n) is 20.3. The van der Waals surface area contributed by atoms with Crippen LogP contribution in [0.5, 0.6) is 5.75 Å². The Kier molecular flexibility index (Phi) is 10.4. The largest absolute Gasteiger partial charge is 0.490 e. The molecule has 56 heavy (non-hydrogen) atoms. The predicted octanol–water partition coefficient (Wildman–Crippen LogP) is 5.12. The fourth-order valence-corrected chi connectivity index (χ4v) is 9.70. The van der Waals surface area contributed by atoms with E-state index in [4.69, 9.17) is 14.5 Å². The average Bonchev–Trinajstić information content (AvgIpc) is 3.74. The highest BCUT2D eigenvalue weighted by Crippen LogP contribution is 2.36. The summed E-state index contributed by atoms with van der Waals surface area (Å²) in [5.41, 5.74) is 5.08. The van der Waals surface area contributed by atoms with E-state index >= 15 is 0 Å². The number of hydrogen-bond donors (Lipinski definition) is 1. The predicted molar refractivity (Wildman–Crippen MR) is 219 cm³/mol. The molecule has 0 spiro atoms. The van der Waals surface area contributed by atoms with Crippen LogP contribution >= 0.6 is 11.3 Å². The van der Waals surface area contributed by atoms with Crippen LogP contribution in [-0.2, 0) is 9.53 Å². The van der Waals surface area contributed by atoms with Crippen LogP contribution in [-0.4, -0.2) is 135 Å². The minimum absolute atomic E-state index is 0.194.